The van der Waals surface area contributed by atoms with Gasteiger partial charge in [0.2, 0.25) is 0 Å². The fourth-order valence-corrected chi connectivity index (χ4v) is 4.14. The largest absolute Gasteiger partial charge is 0.393 e. The molecule has 0 amide bonds. The number of piperidine rings is 1. The Morgan fingerprint density at radius 2 is 1.79 bits per heavy atom. The Bertz CT molecular complexity index is 660. The fraction of sp³-hybridized carbons (Fsp3) is 0.720. The number of likely N-dealkylation sites (tertiary alicyclic amines) is 1. The molecular formula is C25H43IN4O3. The summed E-state index contributed by atoms with van der Waals surface area (Å²) in [4.78, 5) is 7.15. The summed E-state index contributed by atoms with van der Waals surface area (Å²) in [5, 5.41) is 16.4. The number of nitrogens with one attached hydrogen (secondary N) is 2. The molecule has 0 aliphatic carbocycles. The van der Waals surface area contributed by atoms with Crippen molar-refractivity contribution in [3.05, 3.63) is 35.4 Å². The third kappa shape index (κ3) is 11.4. The zero-order chi connectivity index (χ0) is 22.4. The number of halogens is 1. The lowest BCUT2D eigenvalue weighted by Crippen LogP contribution is -2.38. The summed E-state index contributed by atoms with van der Waals surface area (Å²) in [6.07, 6.45) is 4.87. The van der Waals surface area contributed by atoms with Gasteiger partial charge in [0.15, 0.2) is 5.96 Å². The molecule has 188 valence electrons. The molecule has 1 aromatic carbocycles. The van der Waals surface area contributed by atoms with Gasteiger partial charge in [-0.2, -0.15) is 0 Å². The van der Waals surface area contributed by atoms with E-state index in [2.05, 4.69) is 46.7 Å². The average molecular weight is 575 g/mol. The van der Waals surface area contributed by atoms with E-state index in [0.717, 1.165) is 97.2 Å². The van der Waals surface area contributed by atoms with Crippen LogP contribution in [-0.2, 0) is 22.6 Å². The zero-order valence-electron chi connectivity index (χ0n) is 20.1. The quantitative estimate of drug-likeness (QED) is 0.163. The van der Waals surface area contributed by atoms with E-state index in [-0.39, 0.29) is 30.1 Å². The summed E-state index contributed by atoms with van der Waals surface area (Å²) in [6, 6.07) is 8.74. The van der Waals surface area contributed by atoms with E-state index >= 15 is 0 Å². The lowest BCUT2D eigenvalue weighted by molar-refractivity contribution is 0.0203. The third-order valence-corrected chi connectivity index (χ3v) is 6.20. The minimum Gasteiger partial charge on any atom is -0.393 e. The van der Waals surface area contributed by atoms with Crippen molar-refractivity contribution in [3.8, 4) is 0 Å². The molecule has 2 aliphatic rings. The van der Waals surface area contributed by atoms with Gasteiger partial charge < -0.3 is 25.2 Å². The molecule has 2 aliphatic heterocycles. The van der Waals surface area contributed by atoms with E-state index in [9.17, 15) is 5.11 Å². The highest BCUT2D eigenvalue weighted by Gasteiger charge is 2.16. The Hall–Kier alpha value is -0.940. The van der Waals surface area contributed by atoms with Gasteiger partial charge in [0.25, 0.3) is 0 Å². The van der Waals surface area contributed by atoms with Crippen LogP contribution in [0.3, 0.4) is 0 Å². The van der Waals surface area contributed by atoms with Crippen molar-refractivity contribution in [2.45, 2.75) is 58.2 Å². The first-order valence-electron chi connectivity index (χ1n) is 12.4. The van der Waals surface area contributed by atoms with Crippen LogP contribution in [0.25, 0.3) is 0 Å². The van der Waals surface area contributed by atoms with Crippen molar-refractivity contribution >= 4 is 29.9 Å². The molecule has 2 heterocycles. The summed E-state index contributed by atoms with van der Waals surface area (Å²) >= 11 is 0. The predicted molar refractivity (Wildman–Crippen MR) is 144 cm³/mol. The van der Waals surface area contributed by atoms with Gasteiger partial charge >= 0.3 is 0 Å². The van der Waals surface area contributed by atoms with Gasteiger partial charge in [-0.05, 0) is 56.1 Å². The second-order valence-electron chi connectivity index (χ2n) is 8.93. The van der Waals surface area contributed by atoms with Crippen LogP contribution < -0.4 is 10.6 Å². The molecular weight excluding hydrogens is 531 g/mol. The van der Waals surface area contributed by atoms with Gasteiger partial charge in [0.1, 0.15) is 0 Å². The second kappa shape index (κ2) is 16.6. The van der Waals surface area contributed by atoms with Crippen LogP contribution in [0.15, 0.2) is 29.3 Å². The Morgan fingerprint density at radius 3 is 2.48 bits per heavy atom. The zero-order valence-corrected chi connectivity index (χ0v) is 22.5. The van der Waals surface area contributed by atoms with Crippen molar-refractivity contribution in [1.82, 2.24) is 15.5 Å². The number of ether oxygens (including phenoxy) is 2. The first-order chi connectivity index (χ1) is 15.7. The summed E-state index contributed by atoms with van der Waals surface area (Å²) in [5.74, 6) is 1.52. The van der Waals surface area contributed by atoms with Crippen molar-refractivity contribution < 1.29 is 14.6 Å². The monoisotopic (exact) mass is 574 g/mol. The number of guanidine groups is 1. The summed E-state index contributed by atoms with van der Waals surface area (Å²) in [6.45, 7) is 10.7. The number of aliphatic hydroxyl groups is 1. The third-order valence-electron chi connectivity index (χ3n) is 6.20. The molecule has 3 N–H and O–H groups in total. The molecule has 33 heavy (non-hydrogen) atoms. The Balaban J connectivity index is 0.00000385. The van der Waals surface area contributed by atoms with Gasteiger partial charge in [-0.25, -0.2) is 4.99 Å². The Kier molecular flexibility index (Phi) is 14.3. The topological polar surface area (TPSA) is 78.4 Å². The van der Waals surface area contributed by atoms with Crippen molar-refractivity contribution in [2.75, 3.05) is 52.6 Å². The highest BCUT2D eigenvalue weighted by molar-refractivity contribution is 14.0. The molecule has 0 aromatic heterocycles. The maximum Gasteiger partial charge on any atom is 0.191 e. The van der Waals surface area contributed by atoms with Crippen LogP contribution in [-0.4, -0.2) is 74.7 Å². The number of rotatable bonds is 11. The smallest absolute Gasteiger partial charge is 0.191 e. The van der Waals surface area contributed by atoms with Gasteiger partial charge in [0, 0.05) is 59.2 Å². The molecule has 1 aromatic rings. The highest BCUT2D eigenvalue weighted by Crippen LogP contribution is 2.15. The van der Waals surface area contributed by atoms with Crippen LogP contribution >= 0.6 is 24.0 Å². The number of hydrogen-bond acceptors (Lipinski definition) is 5. The highest BCUT2D eigenvalue weighted by atomic mass is 127. The summed E-state index contributed by atoms with van der Waals surface area (Å²) in [5.41, 5.74) is 2.53. The van der Waals surface area contributed by atoms with Crippen LogP contribution in [0.5, 0.6) is 0 Å². The number of benzene rings is 1. The summed E-state index contributed by atoms with van der Waals surface area (Å²) in [7, 11) is 0. The molecule has 0 atom stereocenters. The molecule has 2 saturated heterocycles. The molecule has 0 bridgehead atoms. The standard InChI is InChI=1S/C25H42N4O3.HI/c1-2-26-25(27-12-3-15-32-20-23-10-16-31-17-11-23)28-18-21-4-6-22(7-5-21)19-29-13-8-24(30)9-14-29;/h4-7,23-24,30H,2-3,8-20H2,1H3,(H2,26,27,28);1H. The number of aliphatic imine (C=N–C) groups is 1. The van der Waals surface area contributed by atoms with Gasteiger partial charge in [-0.3, -0.25) is 4.90 Å². The van der Waals surface area contributed by atoms with E-state index in [1.807, 2.05) is 0 Å². The lowest BCUT2D eigenvalue weighted by Gasteiger charge is -2.29. The van der Waals surface area contributed by atoms with E-state index < -0.39 is 0 Å². The number of aliphatic hydroxyl groups excluding tert-OH is 1. The first-order valence-corrected chi connectivity index (χ1v) is 12.4. The molecule has 0 unspecified atom stereocenters. The van der Waals surface area contributed by atoms with Crippen LogP contribution in [0.4, 0.5) is 0 Å². The molecule has 8 heteroatoms. The maximum absolute atomic E-state index is 9.65. The maximum atomic E-state index is 9.65. The van der Waals surface area contributed by atoms with Crippen molar-refractivity contribution in [2.24, 2.45) is 10.9 Å². The molecule has 0 spiro atoms. The van der Waals surface area contributed by atoms with Crippen LogP contribution in [0.2, 0.25) is 0 Å². The van der Waals surface area contributed by atoms with E-state index in [4.69, 9.17) is 14.5 Å². The molecule has 3 rings (SSSR count). The molecule has 0 radical (unpaired) electrons. The van der Waals surface area contributed by atoms with E-state index in [1.165, 1.54) is 11.1 Å². The molecule has 0 saturated carbocycles. The average Bonchev–Trinajstić information content (AvgIpc) is 2.82. The minimum absolute atomic E-state index is 0. The Morgan fingerprint density at radius 1 is 1.09 bits per heavy atom. The number of nitrogens with zero attached hydrogens (tertiary/aromatic N) is 2. The van der Waals surface area contributed by atoms with Crippen molar-refractivity contribution in [1.29, 1.82) is 0 Å². The first kappa shape index (κ1) is 28.3. The van der Waals surface area contributed by atoms with E-state index in [1.54, 1.807) is 0 Å². The summed E-state index contributed by atoms with van der Waals surface area (Å²) < 4.78 is 11.2. The minimum atomic E-state index is -0.115. The molecule has 7 nitrogen and oxygen atoms in total. The van der Waals surface area contributed by atoms with Crippen LogP contribution in [0.1, 0.15) is 50.2 Å². The molecule has 2 fully saturated rings. The second-order valence-corrected chi connectivity index (χ2v) is 8.93. The van der Waals surface area contributed by atoms with Crippen molar-refractivity contribution in [3.63, 3.8) is 0 Å². The van der Waals surface area contributed by atoms with Gasteiger partial charge in [-0.1, -0.05) is 24.3 Å². The van der Waals surface area contributed by atoms with Gasteiger partial charge in [0.05, 0.1) is 12.6 Å². The Labute approximate surface area is 216 Å². The van der Waals surface area contributed by atoms with Gasteiger partial charge in [-0.15, -0.1) is 24.0 Å². The van der Waals surface area contributed by atoms with E-state index in [0.29, 0.717) is 12.5 Å². The lowest BCUT2D eigenvalue weighted by atomic mass is 10.0. The fourth-order valence-electron chi connectivity index (χ4n) is 4.14. The SMILES string of the molecule is CCNC(=NCc1ccc(CN2CCC(O)CC2)cc1)NCCCOCC1CCOCC1.I. The predicted octanol–water partition coefficient (Wildman–Crippen LogP) is 3.15. The number of hydrogen-bond donors (Lipinski definition) is 3. The normalized spacial score (nSPS) is 18.7. The van der Waals surface area contributed by atoms with Crippen LogP contribution in [0, 0.1) is 5.92 Å².